The molecular weight excluding hydrogens is 623 g/mol. The second-order valence-corrected chi connectivity index (χ2v) is 12.0. The molecule has 46 heavy (non-hydrogen) atoms. The number of quaternary nitrogens is 1. The molecule has 4 aromatic carbocycles. The van der Waals surface area contributed by atoms with Crippen molar-refractivity contribution in [1.29, 1.82) is 0 Å². The zero-order valence-corrected chi connectivity index (χ0v) is 26.3. The number of H-pyrrole nitrogens is 1. The Bertz CT molecular complexity index is 1860. The SMILES string of the molecule is NCC(=O)[N+](C(=O)OCc1ccccc1)(c1n[nH]c(=S)s1)c1ccccc1C(=O)[C@@H](N)Cc1ccc(OCc2ccccc2)cc1. The molecule has 0 bridgehead atoms. The number of rotatable bonds is 12. The summed E-state index contributed by atoms with van der Waals surface area (Å²) in [5.41, 5.74) is 15.0. The number of nitrogens with zero attached hydrogens (tertiary/aromatic N) is 2. The molecule has 2 amide bonds. The topological polar surface area (TPSA) is 150 Å². The van der Waals surface area contributed by atoms with Crippen molar-refractivity contribution in [3.8, 4) is 5.75 Å². The number of nitrogens with two attached hydrogens (primary N) is 2. The Morgan fingerprint density at radius 3 is 2.04 bits per heavy atom. The number of imide groups is 1. The summed E-state index contributed by atoms with van der Waals surface area (Å²) in [4.78, 5) is 41.9. The van der Waals surface area contributed by atoms with E-state index in [1.54, 1.807) is 36.4 Å². The molecule has 5 N–H and O–H groups in total. The van der Waals surface area contributed by atoms with E-state index in [9.17, 15) is 14.4 Å². The first-order valence-corrected chi connectivity index (χ1v) is 15.6. The number of carbonyl (C=O) groups is 3. The highest BCUT2D eigenvalue weighted by Gasteiger charge is 2.55. The molecule has 10 nitrogen and oxygen atoms in total. The summed E-state index contributed by atoms with van der Waals surface area (Å²) in [6, 6.07) is 31.4. The third-order valence-corrected chi connectivity index (χ3v) is 8.40. The van der Waals surface area contributed by atoms with Crippen molar-refractivity contribution in [3.63, 3.8) is 0 Å². The van der Waals surface area contributed by atoms with Gasteiger partial charge in [0.15, 0.2) is 15.4 Å². The van der Waals surface area contributed by atoms with Crippen LogP contribution in [0.4, 0.5) is 15.6 Å². The van der Waals surface area contributed by atoms with Crippen LogP contribution in [0.3, 0.4) is 0 Å². The molecule has 1 unspecified atom stereocenters. The van der Waals surface area contributed by atoms with Crippen LogP contribution in [-0.2, 0) is 29.2 Å². The quantitative estimate of drug-likeness (QED) is 0.0837. The van der Waals surface area contributed by atoms with Crippen LogP contribution in [0.15, 0.2) is 109 Å². The van der Waals surface area contributed by atoms with E-state index < -0.39 is 34.9 Å². The average molecular weight is 655 g/mol. The van der Waals surface area contributed by atoms with Gasteiger partial charge in [0, 0.05) is 6.07 Å². The van der Waals surface area contributed by atoms with E-state index in [0.29, 0.717) is 17.9 Å². The van der Waals surface area contributed by atoms with Gasteiger partial charge in [-0.2, -0.15) is 4.79 Å². The van der Waals surface area contributed by atoms with E-state index >= 15 is 0 Å². The van der Waals surface area contributed by atoms with Gasteiger partial charge in [0.2, 0.25) is 0 Å². The largest absolute Gasteiger partial charge is 0.536 e. The Balaban J connectivity index is 1.44. The summed E-state index contributed by atoms with van der Waals surface area (Å²) < 4.78 is 10.6. The molecule has 0 radical (unpaired) electrons. The van der Waals surface area contributed by atoms with Gasteiger partial charge in [0.05, 0.1) is 11.6 Å². The van der Waals surface area contributed by atoms with E-state index in [0.717, 1.165) is 22.5 Å². The summed E-state index contributed by atoms with van der Waals surface area (Å²) in [7, 11) is 0. The number of Topliss-reactive ketones (excluding diaryl/α,β-unsaturated/α-hetero) is 1. The van der Waals surface area contributed by atoms with Crippen molar-refractivity contribution in [2.45, 2.75) is 25.7 Å². The van der Waals surface area contributed by atoms with E-state index in [1.165, 1.54) is 12.1 Å². The van der Waals surface area contributed by atoms with Crippen molar-refractivity contribution in [1.82, 2.24) is 14.7 Å². The average Bonchev–Trinajstić information content (AvgIpc) is 3.54. The summed E-state index contributed by atoms with van der Waals surface area (Å²) in [5, 5.41) is 6.78. The maximum Gasteiger partial charge on any atom is 0.536 e. The first-order chi connectivity index (χ1) is 22.3. The number of hydrogen-bond acceptors (Lipinski definition) is 10. The van der Waals surface area contributed by atoms with E-state index in [1.807, 2.05) is 60.7 Å². The highest BCUT2D eigenvalue weighted by atomic mass is 32.1. The second kappa shape index (κ2) is 15.0. The van der Waals surface area contributed by atoms with Crippen LogP contribution in [0, 0.1) is 3.95 Å². The maximum atomic E-state index is 14.1. The van der Waals surface area contributed by atoms with Gasteiger partial charge in [-0.15, -0.1) is 5.10 Å². The Morgan fingerprint density at radius 1 is 0.826 bits per heavy atom. The van der Waals surface area contributed by atoms with Crippen molar-refractivity contribution in [3.05, 3.63) is 135 Å². The van der Waals surface area contributed by atoms with Crippen molar-refractivity contribution in [2.75, 3.05) is 6.54 Å². The lowest BCUT2D eigenvalue weighted by molar-refractivity contribution is -0.125. The van der Waals surface area contributed by atoms with Crippen LogP contribution in [0.5, 0.6) is 5.75 Å². The monoisotopic (exact) mass is 654 g/mol. The van der Waals surface area contributed by atoms with Crippen LogP contribution in [0.1, 0.15) is 27.0 Å². The van der Waals surface area contributed by atoms with Gasteiger partial charge in [-0.05, 0) is 64.9 Å². The van der Waals surface area contributed by atoms with Gasteiger partial charge in [0.25, 0.3) is 0 Å². The molecule has 0 fully saturated rings. The third kappa shape index (κ3) is 7.17. The Labute approximate surface area is 274 Å². The third-order valence-electron chi connectivity index (χ3n) is 7.24. The number of amides is 2. The number of nitrogens with one attached hydrogen (secondary N) is 1. The molecule has 1 heterocycles. The normalized spacial score (nSPS) is 12.9. The highest BCUT2D eigenvalue weighted by Crippen LogP contribution is 2.40. The van der Waals surface area contributed by atoms with Crippen LogP contribution in [0.2, 0.25) is 0 Å². The van der Waals surface area contributed by atoms with Crippen LogP contribution in [0.25, 0.3) is 0 Å². The number of benzene rings is 4. The smallest absolute Gasteiger partial charge is 0.489 e. The standard InChI is InChI=1S/C34H31N5O5S2/c35-20-30(40)39(32-37-38-33(45)46-32,34(42)44-22-25-11-5-2-6-12-25)29-14-8-7-13-27(29)31(41)28(36)19-23-15-17-26(18-16-23)43-21-24-9-3-1-4-10-24/h1-18,28H,19-22,35-36H2/p+1/t28-,39?/m0/s1. The van der Waals surface area contributed by atoms with Crippen LogP contribution < -0.4 is 20.7 Å². The van der Waals surface area contributed by atoms with Crippen molar-refractivity contribution >= 4 is 52.2 Å². The lowest BCUT2D eigenvalue weighted by Crippen LogP contribution is -2.57. The highest BCUT2D eigenvalue weighted by molar-refractivity contribution is 7.73. The van der Waals surface area contributed by atoms with E-state index in [4.69, 9.17) is 33.2 Å². The Hall–Kier alpha value is -4.85. The van der Waals surface area contributed by atoms with Gasteiger partial charge < -0.3 is 20.9 Å². The zero-order chi connectivity index (χ0) is 32.5. The molecular formula is C34H32N5O5S2+. The number of aromatic nitrogens is 2. The predicted molar refractivity (Wildman–Crippen MR) is 179 cm³/mol. The molecule has 0 spiro atoms. The number of ketones is 1. The summed E-state index contributed by atoms with van der Waals surface area (Å²) >= 11 is 6.16. The fourth-order valence-electron chi connectivity index (χ4n) is 4.92. The molecule has 0 saturated heterocycles. The number of para-hydroxylation sites is 1. The summed E-state index contributed by atoms with van der Waals surface area (Å²) in [5.74, 6) is -0.575. The van der Waals surface area contributed by atoms with E-state index in [2.05, 4.69) is 10.2 Å². The summed E-state index contributed by atoms with van der Waals surface area (Å²) in [6.07, 6.45) is -0.798. The van der Waals surface area contributed by atoms with Crippen LogP contribution >= 0.6 is 23.6 Å². The van der Waals surface area contributed by atoms with Gasteiger partial charge in [-0.25, -0.2) is 4.79 Å². The number of ether oxygens (including phenoxy) is 2. The second-order valence-electron chi connectivity index (χ2n) is 10.3. The minimum absolute atomic E-state index is 0.0128. The van der Waals surface area contributed by atoms with Crippen molar-refractivity contribution in [2.24, 2.45) is 11.5 Å². The first-order valence-electron chi connectivity index (χ1n) is 14.4. The Morgan fingerprint density at radius 2 is 1.43 bits per heavy atom. The van der Waals surface area contributed by atoms with Gasteiger partial charge >= 0.3 is 17.1 Å². The van der Waals surface area contributed by atoms with Gasteiger partial charge in [-0.3, -0.25) is 9.89 Å². The predicted octanol–water partition coefficient (Wildman–Crippen LogP) is 5.99. The lowest BCUT2D eigenvalue weighted by atomic mass is 9.96. The molecule has 5 aromatic rings. The molecule has 12 heteroatoms. The molecule has 0 aliphatic heterocycles. The molecule has 2 atom stereocenters. The fraction of sp³-hybridized carbons (Fsp3) is 0.147. The summed E-state index contributed by atoms with van der Waals surface area (Å²) in [6.45, 7) is -0.262. The molecule has 234 valence electrons. The maximum absolute atomic E-state index is 14.1. The molecule has 1 aromatic heterocycles. The van der Waals surface area contributed by atoms with Crippen molar-refractivity contribution < 1.29 is 23.9 Å². The molecule has 0 aliphatic rings. The molecule has 0 aliphatic carbocycles. The number of carbonyl (C=O) groups excluding carboxylic acids is 3. The lowest BCUT2D eigenvalue weighted by Gasteiger charge is -2.29. The van der Waals surface area contributed by atoms with Gasteiger partial charge in [-0.1, -0.05) is 89.4 Å². The Kier molecular flexibility index (Phi) is 10.6. The number of aromatic amines is 1. The van der Waals surface area contributed by atoms with E-state index in [-0.39, 0.29) is 33.4 Å². The number of hydrogen-bond donors (Lipinski definition) is 3. The minimum atomic E-state index is -1.21. The van der Waals surface area contributed by atoms with Crippen LogP contribution in [-0.4, -0.2) is 40.6 Å². The van der Waals surface area contributed by atoms with Gasteiger partial charge in [0.1, 0.15) is 25.5 Å². The fourth-order valence-corrected chi connectivity index (χ4v) is 5.95. The minimum Gasteiger partial charge on any atom is -0.489 e. The molecule has 0 saturated carbocycles. The first kappa shape index (κ1) is 32.5. The zero-order valence-electron chi connectivity index (χ0n) is 24.7. The molecule has 5 rings (SSSR count).